The third kappa shape index (κ3) is 5.06. The smallest absolute Gasteiger partial charge is 0.307 e. The Morgan fingerprint density at radius 2 is 2.06 bits per heavy atom. The zero-order valence-corrected chi connectivity index (χ0v) is 9.56. The summed E-state index contributed by atoms with van der Waals surface area (Å²) in [7, 11) is 0. The highest BCUT2D eigenvalue weighted by Crippen LogP contribution is 2.18. The number of hydrogen-bond donors (Lipinski definition) is 1. The van der Waals surface area contributed by atoms with E-state index in [0.29, 0.717) is 11.3 Å². The predicted octanol–water partition coefficient (Wildman–Crippen LogP) is 2.35. The summed E-state index contributed by atoms with van der Waals surface area (Å²) >= 11 is 0. The summed E-state index contributed by atoms with van der Waals surface area (Å²) in [5.41, 5.74) is 0.634. The molecule has 86 valence electrons. The van der Waals surface area contributed by atoms with E-state index in [4.69, 9.17) is 16.3 Å². The van der Waals surface area contributed by atoms with Crippen LogP contribution in [0.4, 0.5) is 0 Å². The van der Waals surface area contributed by atoms with Crippen LogP contribution in [0.2, 0.25) is 0 Å². The largest absolute Gasteiger partial charge is 0.481 e. The van der Waals surface area contributed by atoms with Crippen molar-refractivity contribution < 1.29 is 14.6 Å². The number of carboxylic acid groups (broad SMARTS) is 1. The molecule has 3 nitrogen and oxygen atoms in total. The third-order valence-electron chi connectivity index (χ3n) is 1.63. The average molecular weight is 220 g/mol. The van der Waals surface area contributed by atoms with E-state index in [-0.39, 0.29) is 13.0 Å². The number of hydrogen-bond acceptors (Lipinski definition) is 2. The Hall–Kier alpha value is -1.95. The Labute approximate surface area is 96.1 Å². The Balaban J connectivity index is 0.00000106. The van der Waals surface area contributed by atoms with E-state index >= 15 is 0 Å². The molecule has 0 atom stereocenters. The highest BCUT2D eigenvalue weighted by Gasteiger charge is 2.06. The minimum absolute atomic E-state index is 0.0548. The van der Waals surface area contributed by atoms with Crippen molar-refractivity contribution in [1.29, 1.82) is 0 Å². The Morgan fingerprint density at radius 1 is 1.44 bits per heavy atom. The second-order valence-electron chi connectivity index (χ2n) is 2.67. The molecular formula is C13H16O3. The monoisotopic (exact) mass is 220 g/mol. The molecule has 1 aromatic rings. The molecule has 3 heteroatoms. The highest BCUT2D eigenvalue weighted by molar-refractivity contribution is 5.71. The Morgan fingerprint density at radius 3 is 2.62 bits per heavy atom. The Bertz CT molecular complexity index is 364. The molecule has 0 aliphatic heterocycles. The van der Waals surface area contributed by atoms with Gasteiger partial charge in [-0.15, -0.1) is 6.42 Å². The van der Waals surface area contributed by atoms with Crippen molar-refractivity contribution in [2.45, 2.75) is 20.3 Å². The molecule has 1 aromatic carbocycles. The summed E-state index contributed by atoms with van der Waals surface area (Å²) in [6, 6.07) is 6.95. The molecular weight excluding hydrogens is 204 g/mol. The second kappa shape index (κ2) is 8.37. The number of para-hydroxylation sites is 1. The maximum atomic E-state index is 10.5. The van der Waals surface area contributed by atoms with Gasteiger partial charge in [-0.2, -0.15) is 0 Å². The van der Waals surface area contributed by atoms with Crippen LogP contribution in [0.25, 0.3) is 0 Å². The molecule has 1 N–H and O–H groups in total. The van der Waals surface area contributed by atoms with Crippen LogP contribution in [0.1, 0.15) is 19.4 Å². The van der Waals surface area contributed by atoms with Crippen LogP contribution in [0.3, 0.4) is 0 Å². The van der Waals surface area contributed by atoms with Gasteiger partial charge in [0.2, 0.25) is 0 Å². The lowest BCUT2D eigenvalue weighted by atomic mass is 10.1. The lowest BCUT2D eigenvalue weighted by Gasteiger charge is -2.06. The van der Waals surface area contributed by atoms with E-state index < -0.39 is 5.97 Å². The lowest BCUT2D eigenvalue weighted by molar-refractivity contribution is -0.136. The van der Waals surface area contributed by atoms with Crippen LogP contribution in [0.5, 0.6) is 5.75 Å². The van der Waals surface area contributed by atoms with E-state index in [1.807, 2.05) is 13.8 Å². The standard InChI is InChI=1S/C11H10O3.C2H6/c1-2-7-14-10-6-4-3-5-9(10)8-11(12)13;1-2/h1,3-6H,7-8H2,(H,12,13);1-2H3. The normalized spacial score (nSPS) is 8.31. The van der Waals surface area contributed by atoms with E-state index in [9.17, 15) is 4.79 Å². The molecule has 0 bridgehead atoms. The molecule has 16 heavy (non-hydrogen) atoms. The summed E-state index contributed by atoms with van der Waals surface area (Å²) in [6.45, 7) is 4.15. The fourth-order valence-corrected chi connectivity index (χ4v) is 1.07. The lowest BCUT2D eigenvalue weighted by Crippen LogP contribution is -2.03. The van der Waals surface area contributed by atoms with Gasteiger partial charge < -0.3 is 9.84 Å². The Kier molecular flexibility index (Phi) is 7.35. The van der Waals surface area contributed by atoms with Crippen molar-refractivity contribution in [1.82, 2.24) is 0 Å². The summed E-state index contributed by atoms with van der Waals surface area (Å²) < 4.78 is 5.19. The van der Waals surface area contributed by atoms with E-state index in [0.717, 1.165) is 0 Å². The van der Waals surface area contributed by atoms with E-state index in [2.05, 4.69) is 5.92 Å². The first-order valence-electron chi connectivity index (χ1n) is 5.10. The molecule has 0 saturated carbocycles. The second-order valence-corrected chi connectivity index (χ2v) is 2.67. The van der Waals surface area contributed by atoms with E-state index in [1.54, 1.807) is 24.3 Å². The highest BCUT2D eigenvalue weighted by atomic mass is 16.5. The molecule has 1 rings (SSSR count). The molecule has 0 aromatic heterocycles. The van der Waals surface area contributed by atoms with Gasteiger partial charge in [-0.3, -0.25) is 4.79 Å². The molecule has 0 aliphatic rings. The van der Waals surface area contributed by atoms with Crippen molar-refractivity contribution in [3.8, 4) is 18.1 Å². The summed E-state index contributed by atoms with van der Waals surface area (Å²) in [4.78, 5) is 10.5. The maximum absolute atomic E-state index is 10.5. The zero-order chi connectivity index (χ0) is 12.4. The number of aliphatic carboxylic acids is 1. The van der Waals surface area contributed by atoms with Crippen LogP contribution in [-0.4, -0.2) is 17.7 Å². The average Bonchev–Trinajstić information content (AvgIpc) is 2.30. The number of carbonyl (C=O) groups is 1. The van der Waals surface area contributed by atoms with Gasteiger partial charge in [0.15, 0.2) is 0 Å². The molecule has 0 amide bonds. The number of carboxylic acids is 1. The van der Waals surface area contributed by atoms with Gasteiger partial charge in [0.1, 0.15) is 12.4 Å². The molecule has 0 heterocycles. The maximum Gasteiger partial charge on any atom is 0.307 e. The van der Waals surface area contributed by atoms with Crippen molar-refractivity contribution in [2.24, 2.45) is 0 Å². The number of terminal acetylenes is 1. The van der Waals surface area contributed by atoms with Gasteiger partial charge in [-0.1, -0.05) is 38.0 Å². The molecule has 0 saturated heterocycles. The number of ether oxygens (including phenoxy) is 1. The van der Waals surface area contributed by atoms with Gasteiger partial charge in [-0.05, 0) is 6.07 Å². The fraction of sp³-hybridized carbons (Fsp3) is 0.308. The third-order valence-corrected chi connectivity index (χ3v) is 1.63. The quantitative estimate of drug-likeness (QED) is 0.792. The number of benzene rings is 1. The van der Waals surface area contributed by atoms with Gasteiger partial charge >= 0.3 is 5.97 Å². The molecule has 0 fully saturated rings. The zero-order valence-electron chi connectivity index (χ0n) is 9.56. The van der Waals surface area contributed by atoms with Crippen LogP contribution < -0.4 is 4.74 Å². The van der Waals surface area contributed by atoms with Gasteiger partial charge in [-0.25, -0.2) is 0 Å². The summed E-state index contributed by atoms with van der Waals surface area (Å²) in [6.07, 6.45) is 4.98. The van der Waals surface area contributed by atoms with Crippen molar-refractivity contribution in [3.63, 3.8) is 0 Å². The first-order valence-corrected chi connectivity index (χ1v) is 5.10. The van der Waals surface area contributed by atoms with Crippen molar-refractivity contribution >= 4 is 5.97 Å². The van der Waals surface area contributed by atoms with Gasteiger partial charge in [0.25, 0.3) is 0 Å². The molecule has 0 radical (unpaired) electrons. The minimum Gasteiger partial charge on any atom is -0.481 e. The summed E-state index contributed by atoms with van der Waals surface area (Å²) in [5.74, 6) is 1.97. The van der Waals surface area contributed by atoms with Crippen molar-refractivity contribution in [3.05, 3.63) is 29.8 Å². The van der Waals surface area contributed by atoms with Crippen molar-refractivity contribution in [2.75, 3.05) is 6.61 Å². The van der Waals surface area contributed by atoms with Gasteiger partial charge in [0.05, 0.1) is 6.42 Å². The van der Waals surface area contributed by atoms with Crippen LogP contribution >= 0.6 is 0 Å². The molecule has 0 aliphatic carbocycles. The topological polar surface area (TPSA) is 46.5 Å². The molecule has 0 unspecified atom stereocenters. The molecule has 0 spiro atoms. The predicted molar refractivity (Wildman–Crippen MR) is 63.5 cm³/mol. The fourth-order valence-electron chi connectivity index (χ4n) is 1.07. The first-order chi connectivity index (χ1) is 7.74. The summed E-state index contributed by atoms with van der Waals surface area (Å²) in [5, 5.41) is 8.62. The first kappa shape index (κ1) is 14.1. The number of rotatable bonds is 4. The minimum atomic E-state index is -0.887. The van der Waals surface area contributed by atoms with Crippen LogP contribution in [0, 0.1) is 12.3 Å². The van der Waals surface area contributed by atoms with E-state index in [1.165, 1.54) is 0 Å². The van der Waals surface area contributed by atoms with Crippen LogP contribution in [0.15, 0.2) is 24.3 Å². The van der Waals surface area contributed by atoms with Gasteiger partial charge in [0, 0.05) is 5.56 Å². The SMILES string of the molecule is C#CCOc1ccccc1CC(=O)O.CC. The van der Waals surface area contributed by atoms with Crippen LogP contribution in [-0.2, 0) is 11.2 Å².